The van der Waals surface area contributed by atoms with Crippen molar-refractivity contribution in [1.29, 1.82) is 0 Å². The molecular formula is C15H15NO. The second-order valence-electron chi connectivity index (χ2n) is 4.49. The lowest BCUT2D eigenvalue weighted by atomic mass is 10.1. The number of nitrogens with two attached hydrogens (primary N) is 1. The first-order chi connectivity index (χ1) is 8.33. The van der Waals surface area contributed by atoms with E-state index in [-0.39, 0.29) is 0 Å². The van der Waals surface area contributed by atoms with Crippen LogP contribution in [0.15, 0.2) is 54.6 Å². The number of ether oxygens (including phenoxy) is 1. The first-order valence-electron chi connectivity index (χ1n) is 5.91. The monoisotopic (exact) mass is 225 g/mol. The Hall–Kier alpha value is -1.80. The molecule has 0 heterocycles. The van der Waals surface area contributed by atoms with Crippen molar-refractivity contribution in [2.75, 3.05) is 0 Å². The number of benzene rings is 2. The summed E-state index contributed by atoms with van der Waals surface area (Å²) in [6.07, 6.45) is 1.09. The van der Waals surface area contributed by atoms with Crippen molar-refractivity contribution < 1.29 is 4.74 Å². The molecule has 0 radical (unpaired) electrons. The molecule has 1 fully saturated rings. The average Bonchev–Trinajstić information content (AvgIpc) is 3.08. The van der Waals surface area contributed by atoms with Crippen LogP contribution in [0, 0.1) is 0 Å². The summed E-state index contributed by atoms with van der Waals surface area (Å²) in [5, 5.41) is 0. The fourth-order valence-electron chi connectivity index (χ4n) is 2.03. The van der Waals surface area contributed by atoms with Gasteiger partial charge in [-0.15, -0.1) is 0 Å². The molecule has 0 aromatic heterocycles. The lowest BCUT2D eigenvalue weighted by Crippen LogP contribution is -2.00. The maximum atomic E-state index is 5.86. The molecule has 0 aliphatic heterocycles. The summed E-state index contributed by atoms with van der Waals surface area (Å²) in [6, 6.07) is 18.4. The smallest absolute Gasteiger partial charge is 0.127 e. The van der Waals surface area contributed by atoms with E-state index in [4.69, 9.17) is 10.5 Å². The molecule has 1 unspecified atom stereocenters. The number of hydrogen-bond acceptors (Lipinski definition) is 2. The van der Waals surface area contributed by atoms with Crippen molar-refractivity contribution in [3.63, 3.8) is 0 Å². The third-order valence-corrected chi connectivity index (χ3v) is 3.10. The Morgan fingerprint density at radius 3 is 2.35 bits per heavy atom. The number of hydrogen-bond donors (Lipinski definition) is 1. The van der Waals surface area contributed by atoms with E-state index < -0.39 is 0 Å². The lowest BCUT2D eigenvalue weighted by Gasteiger charge is -2.07. The summed E-state index contributed by atoms with van der Waals surface area (Å²) in [6.45, 7) is 0. The highest BCUT2D eigenvalue weighted by Gasteiger charge is 2.34. The van der Waals surface area contributed by atoms with E-state index in [1.54, 1.807) is 0 Å². The van der Waals surface area contributed by atoms with Gasteiger partial charge in [-0.25, -0.2) is 0 Å². The van der Waals surface area contributed by atoms with Crippen LogP contribution in [0.2, 0.25) is 0 Å². The Kier molecular flexibility index (Phi) is 2.57. The van der Waals surface area contributed by atoms with Crippen LogP contribution in [0.4, 0.5) is 0 Å². The molecule has 17 heavy (non-hydrogen) atoms. The van der Waals surface area contributed by atoms with Gasteiger partial charge in [-0.2, -0.15) is 0 Å². The van der Waals surface area contributed by atoms with Crippen molar-refractivity contribution in [3.8, 4) is 11.5 Å². The molecule has 86 valence electrons. The Morgan fingerprint density at radius 1 is 0.941 bits per heavy atom. The van der Waals surface area contributed by atoms with Crippen LogP contribution in [-0.2, 0) is 0 Å². The zero-order chi connectivity index (χ0) is 11.7. The second-order valence-corrected chi connectivity index (χ2v) is 4.49. The quantitative estimate of drug-likeness (QED) is 0.869. The molecule has 1 saturated carbocycles. The second kappa shape index (κ2) is 4.22. The predicted molar refractivity (Wildman–Crippen MR) is 68.3 cm³/mol. The first kappa shape index (κ1) is 10.4. The van der Waals surface area contributed by atoms with Crippen LogP contribution in [0.3, 0.4) is 0 Å². The van der Waals surface area contributed by atoms with Gasteiger partial charge in [0.2, 0.25) is 0 Å². The Bertz CT molecular complexity index is 509. The van der Waals surface area contributed by atoms with Gasteiger partial charge in [-0.05, 0) is 36.2 Å². The maximum absolute atomic E-state index is 5.86. The molecule has 2 atom stereocenters. The van der Waals surface area contributed by atoms with E-state index in [0.29, 0.717) is 12.0 Å². The van der Waals surface area contributed by atoms with Crippen molar-refractivity contribution in [2.24, 2.45) is 5.73 Å². The molecular weight excluding hydrogens is 210 g/mol. The third kappa shape index (κ3) is 2.32. The minimum Gasteiger partial charge on any atom is -0.457 e. The summed E-state index contributed by atoms with van der Waals surface area (Å²) < 4.78 is 5.79. The van der Waals surface area contributed by atoms with Crippen LogP contribution in [-0.4, -0.2) is 6.04 Å². The topological polar surface area (TPSA) is 35.2 Å². The molecule has 1 aliphatic rings. The molecule has 2 aromatic carbocycles. The molecule has 1 aliphatic carbocycles. The highest BCUT2D eigenvalue weighted by atomic mass is 16.5. The summed E-state index contributed by atoms with van der Waals surface area (Å²) in [5.41, 5.74) is 7.14. The standard InChI is InChI=1S/C15H15NO/c16-15-10-14(15)11-5-4-8-13(9-11)17-12-6-2-1-3-7-12/h1-9,14-15H,10,16H2/t14?,15-/m1/s1. The fraction of sp³-hybridized carbons (Fsp3) is 0.200. The first-order valence-corrected chi connectivity index (χ1v) is 5.91. The molecule has 0 bridgehead atoms. The van der Waals surface area contributed by atoms with Gasteiger partial charge in [-0.3, -0.25) is 0 Å². The van der Waals surface area contributed by atoms with Gasteiger partial charge in [0.25, 0.3) is 0 Å². The minimum atomic E-state index is 0.335. The zero-order valence-corrected chi connectivity index (χ0v) is 9.54. The highest BCUT2D eigenvalue weighted by Crippen LogP contribution is 2.40. The van der Waals surface area contributed by atoms with E-state index in [1.807, 2.05) is 42.5 Å². The van der Waals surface area contributed by atoms with Gasteiger partial charge >= 0.3 is 0 Å². The zero-order valence-electron chi connectivity index (χ0n) is 9.54. The normalized spacial score (nSPS) is 22.2. The molecule has 2 heteroatoms. The molecule has 3 rings (SSSR count). The highest BCUT2D eigenvalue weighted by molar-refractivity contribution is 5.37. The Balaban J connectivity index is 1.79. The average molecular weight is 225 g/mol. The molecule has 2 N–H and O–H groups in total. The third-order valence-electron chi connectivity index (χ3n) is 3.10. The molecule has 0 amide bonds. The van der Waals surface area contributed by atoms with Crippen LogP contribution in [0.1, 0.15) is 17.9 Å². The van der Waals surface area contributed by atoms with Gasteiger partial charge in [0.15, 0.2) is 0 Å². The van der Waals surface area contributed by atoms with E-state index in [2.05, 4.69) is 12.1 Å². The summed E-state index contributed by atoms with van der Waals surface area (Å²) in [7, 11) is 0. The number of rotatable bonds is 3. The van der Waals surface area contributed by atoms with Crippen molar-refractivity contribution in [3.05, 3.63) is 60.2 Å². The largest absolute Gasteiger partial charge is 0.457 e. The van der Waals surface area contributed by atoms with E-state index in [1.165, 1.54) is 5.56 Å². The van der Waals surface area contributed by atoms with Crippen LogP contribution in [0.25, 0.3) is 0 Å². The maximum Gasteiger partial charge on any atom is 0.127 e. The van der Waals surface area contributed by atoms with Crippen molar-refractivity contribution in [1.82, 2.24) is 0 Å². The molecule has 0 spiro atoms. The van der Waals surface area contributed by atoms with Crippen LogP contribution >= 0.6 is 0 Å². The summed E-state index contributed by atoms with van der Waals surface area (Å²) >= 11 is 0. The van der Waals surface area contributed by atoms with Crippen molar-refractivity contribution >= 4 is 0 Å². The SMILES string of the molecule is N[C@@H]1CC1c1cccc(Oc2ccccc2)c1. The Labute approximate surface area is 101 Å². The van der Waals surface area contributed by atoms with Gasteiger partial charge in [0.1, 0.15) is 11.5 Å². The van der Waals surface area contributed by atoms with Gasteiger partial charge < -0.3 is 10.5 Å². The predicted octanol–water partition coefficient (Wildman–Crippen LogP) is 3.29. The number of para-hydroxylation sites is 1. The molecule has 2 nitrogen and oxygen atoms in total. The van der Waals surface area contributed by atoms with Crippen LogP contribution < -0.4 is 10.5 Å². The lowest BCUT2D eigenvalue weighted by molar-refractivity contribution is 0.482. The summed E-state index contributed by atoms with van der Waals surface area (Å²) in [5.74, 6) is 2.27. The fourth-order valence-corrected chi connectivity index (χ4v) is 2.03. The van der Waals surface area contributed by atoms with Crippen LogP contribution in [0.5, 0.6) is 11.5 Å². The van der Waals surface area contributed by atoms with E-state index in [0.717, 1.165) is 17.9 Å². The van der Waals surface area contributed by atoms with Crippen molar-refractivity contribution in [2.45, 2.75) is 18.4 Å². The van der Waals surface area contributed by atoms with E-state index in [9.17, 15) is 0 Å². The molecule has 2 aromatic rings. The van der Waals surface area contributed by atoms with Gasteiger partial charge in [0, 0.05) is 12.0 Å². The summed E-state index contributed by atoms with van der Waals surface area (Å²) in [4.78, 5) is 0. The van der Waals surface area contributed by atoms with Gasteiger partial charge in [0.05, 0.1) is 0 Å². The minimum absolute atomic E-state index is 0.335. The molecule has 0 saturated heterocycles. The Morgan fingerprint density at radius 2 is 1.65 bits per heavy atom. The van der Waals surface area contributed by atoms with Gasteiger partial charge in [-0.1, -0.05) is 30.3 Å². The van der Waals surface area contributed by atoms with E-state index >= 15 is 0 Å².